The predicted octanol–water partition coefficient (Wildman–Crippen LogP) is 1.12. The van der Waals surface area contributed by atoms with Crippen LogP contribution in [0.4, 0.5) is 4.79 Å². The van der Waals surface area contributed by atoms with Crippen molar-refractivity contribution in [1.82, 2.24) is 20.4 Å². The van der Waals surface area contributed by atoms with Crippen molar-refractivity contribution in [2.75, 3.05) is 6.54 Å². The molecule has 6 nitrogen and oxygen atoms in total. The summed E-state index contributed by atoms with van der Waals surface area (Å²) in [5, 5.41) is 20.0. The van der Waals surface area contributed by atoms with E-state index in [0.29, 0.717) is 5.56 Å². The Kier molecular flexibility index (Phi) is 4.32. The smallest absolute Gasteiger partial charge is 0.315 e. The summed E-state index contributed by atoms with van der Waals surface area (Å²) >= 11 is 0. The van der Waals surface area contributed by atoms with Crippen molar-refractivity contribution in [2.24, 2.45) is 13.0 Å². The maximum atomic E-state index is 11.8. The third-order valence-corrected chi connectivity index (χ3v) is 3.68. The molecule has 1 aliphatic rings. The van der Waals surface area contributed by atoms with Gasteiger partial charge in [0.15, 0.2) is 0 Å². The third-order valence-electron chi connectivity index (χ3n) is 3.68. The fraction of sp³-hybridized carbons (Fsp3) is 0.714. The molecule has 0 unspecified atom stereocenters. The highest BCUT2D eigenvalue weighted by atomic mass is 16.3. The molecule has 1 heterocycles. The van der Waals surface area contributed by atoms with Gasteiger partial charge in [0.1, 0.15) is 5.60 Å². The first-order chi connectivity index (χ1) is 9.37. The summed E-state index contributed by atoms with van der Waals surface area (Å²) in [5.74, 6) is 0.781. The van der Waals surface area contributed by atoms with Gasteiger partial charge < -0.3 is 15.7 Å². The van der Waals surface area contributed by atoms with E-state index in [-0.39, 0.29) is 18.6 Å². The van der Waals surface area contributed by atoms with Gasteiger partial charge in [-0.15, -0.1) is 0 Å². The number of nitrogens with one attached hydrogen (secondary N) is 2. The first-order valence-electron chi connectivity index (χ1n) is 7.12. The second kappa shape index (κ2) is 5.83. The summed E-state index contributed by atoms with van der Waals surface area (Å²) in [6.45, 7) is 3.83. The van der Waals surface area contributed by atoms with Crippen molar-refractivity contribution in [2.45, 2.75) is 44.8 Å². The van der Waals surface area contributed by atoms with E-state index >= 15 is 0 Å². The molecule has 3 N–H and O–H groups in total. The largest absolute Gasteiger partial charge is 0.383 e. The highest BCUT2D eigenvalue weighted by Crippen LogP contribution is 2.33. The summed E-state index contributed by atoms with van der Waals surface area (Å²) in [6, 6.07) is -0.0619. The van der Waals surface area contributed by atoms with E-state index in [1.165, 1.54) is 12.8 Å². The van der Waals surface area contributed by atoms with Gasteiger partial charge in [-0.05, 0) is 26.2 Å². The fourth-order valence-corrected chi connectivity index (χ4v) is 2.24. The molecule has 6 heteroatoms. The van der Waals surface area contributed by atoms with Gasteiger partial charge in [0.2, 0.25) is 0 Å². The van der Waals surface area contributed by atoms with Crippen LogP contribution < -0.4 is 10.6 Å². The molecule has 1 aromatic heterocycles. The number of aryl methyl sites for hydroxylation is 1. The van der Waals surface area contributed by atoms with Crippen LogP contribution in [0.15, 0.2) is 12.4 Å². The minimum absolute atomic E-state index is 0.153. The van der Waals surface area contributed by atoms with Gasteiger partial charge in [0, 0.05) is 24.8 Å². The molecule has 2 amide bonds. The zero-order chi connectivity index (χ0) is 14.8. The van der Waals surface area contributed by atoms with E-state index < -0.39 is 5.60 Å². The Labute approximate surface area is 119 Å². The van der Waals surface area contributed by atoms with Crippen LogP contribution in [0.1, 0.15) is 38.7 Å². The van der Waals surface area contributed by atoms with Gasteiger partial charge >= 0.3 is 6.03 Å². The van der Waals surface area contributed by atoms with Crippen molar-refractivity contribution in [3.05, 3.63) is 18.0 Å². The number of aliphatic hydroxyl groups is 1. The Morgan fingerprint density at radius 2 is 2.35 bits per heavy atom. The van der Waals surface area contributed by atoms with E-state index in [1.54, 1.807) is 31.0 Å². The third kappa shape index (κ3) is 4.23. The van der Waals surface area contributed by atoms with Crippen molar-refractivity contribution in [3.63, 3.8) is 0 Å². The molecular formula is C14H24N4O2. The lowest BCUT2D eigenvalue weighted by atomic mass is 10.00. The summed E-state index contributed by atoms with van der Waals surface area (Å²) in [7, 11) is 1.79. The van der Waals surface area contributed by atoms with Crippen LogP contribution in [-0.2, 0) is 12.6 Å². The Balaban J connectivity index is 1.76. The van der Waals surface area contributed by atoms with E-state index in [1.807, 2.05) is 6.92 Å². The second-order valence-corrected chi connectivity index (χ2v) is 6.08. The highest BCUT2D eigenvalue weighted by molar-refractivity contribution is 5.74. The molecule has 2 rings (SSSR count). The minimum Gasteiger partial charge on any atom is -0.383 e. The van der Waals surface area contributed by atoms with Crippen LogP contribution in [0.2, 0.25) is 0 Å². The Morgan fingerprint density at radius 1 is 1.65 bits per heavy atom. The van der Waals surface area contributed by atoms with Gasteiger partial charge in [-0.2, -0.15) is 5.10 Å². The highest BCUT2D eigenvalue weighted by Gasteiger charge is 2.27. The van der Waals surface area contributed by atoms with Gasteiger partial charge in [-0.1, -0.05) is 12.8 Å². The van der Waals surface area contributed by atoms with Crippen LogP contribution in [0.5, 0.6) is 0 Å². The van der Waals surface area contributed by atoms with Gasteiger partial charge in [-0.3, -0.25) is 4.68 Å². The molecule has 112 valence electrons. The summed E-state index contributed by atoms with van der Waals surface area (Å²) in [6.07, 6.45) is 6.95. The van der Waals surface area contributed by atoms with E-state index in [0.717, 1.165) is 12.3 Å². The summed E-state index contributed by atoms with van der Waals surface area (Å²) in [4.78, 5) is 11.8. The minimum atomic E-state index is -1.12. The zero-order valence-electron chi connectivity index (χ0n) is 12.4. The fourth-order valence-electron chi connectivity index (χ4n) is 2.24. The molecule has 1 fully saturated rings. The average Bonchev–Trinajstić information content (AvgIpc) is 3.05. The molecule has 1 aliphatic carbocycles. The number of carbonyl (C=O) groups excluding carboxylic acids is 1. The number of rotatable bonds is 6. The predicted molar refractivity (Wildman–Crippen MR) is 76.1 cm³/mol. The monoisotopic (exact) mass is 280 g/mol. The molecule has 0 radical (unpaired) electrons. The number of amides is 2. The van der Waals surface area contributed by atoms with Gasteiger partial charge in [0.05, 0.1) is 12.7 Å². The van der Waals surface area contributed by atoms with Gasteiger partial charge in [-0.25, -0.2) is 4.79 Å². The van der Waals surface area contributed by atoms with Crippen molar-refractivity contribution < 1.29 is 9.90 Å². The molecule has 0 aromatic carbocycles. The number of nitrogens with zero attached hydrogens (tertiary/aromatic N) is 2. The molecule has 2 atom stereocenters. The van der Waals surface area contributed by atoms with E-state index in [2.05, 4.69) is 15.7 Å². The number of hydrogen-bond acceptors (Lipinski definition) is 3. The maximum absolute atomic E-state index is 11.8. The molecule has 0 spiro atoms. The Bertz CT molecular complexity index is 465. The number of hydrogen-bond donors (Lipinski definition) is 3. The molecule has 1 aromatic rings. The lowest BCUT2D eigenvalue weighted by molar-refractivity contribution is 0.0592. The Hall–Kier alpha value is -1.56. The van der Waals surface area contributed by atoms with Crippen LogP contribution >= 0.6 is 0 Å². The van der Waals surface area contributed by atoms with Crippen LogP contribution in [0.25, 0.3) is 0 Å². The molecule has 1 saturated carbocycles. The maximum Gasteiger partial charge on any atom is 0.315 e. The second-order valence-electron chi connectivity index (χ2n) is 6.08. The first-order valence-corrected chi connectivity index (χ1v) is 7.12. The molecular weight excluding hydrogens is 256 g/mol. The van der Waals surface area contributed by atoms with Gasteiger partial charge in [0.25, 0.3) is 0 Å². The Morgan fingerprint density at radius 3 is 2.90 bits per heavy atom. The summed E-state index contributed by atoms with van der Waals surface area (Å²) < 4.78 is 1.63. The quantitative estimate of drug-likeness (QED) is 0.730. The van der Waals surface area contributed by atoms with Crippen molar-refractivity contribution in [3.8, 4) is 0 Å². The molecule has 0 aliphatic heterocycles. The van der Waals surface area contributed by atoms with Crippen LogP contribution in [0.3, 0.4) is 0 Å². The SMILES string of the molecule is C[C@H](CC1CC1)NC(=O)NC[C@@](C)(O)c1cnn(C)c1. The van der Waals surface area contributed by atoms with Crippen LogP contribution in [-0.4, -0.2) is 33.5 Å². The number of urea groups is 1. The molecule has 20 heavy (non-hydrogen) atoms. The lowest BCUT2D eigenvalue weighted by Crippen LogP contribution is -2.46. The molecule has 0 saturated heterocycles. The lowest BCUT2D eigenvalue weighted by Gasteiger charge is -2.23. The topological polar surface area (TPSA) is 79.2 Å². The van der Waals surface area contributed by atoms with E-state index in [4.69, 9.17) is 0 Å². The van der Waals surface area contributed by atoms with Crippen molar-refractivity contribution >= 4 is 6.03 Å². The van der Waals surface area contributed by atoms with E-state index in [9.17, 15) is 9.90 Å². The van der Waals surface area contributed by atoms with Crippen LogP contribution in [0, 0.1) is 5.92 Å². The average molecular weight is 280 g/mol. The summed E-state index contributed by atoms with van der Waals surface area (Å²) in [5.41, 5.74) is -0.433. The normalized spacial score (nSPS) is 19.2. The molecule has 0 bridgehead atoms. The standard InChI is InChI=1S/C14H24N4O2/c1-10(6-11-4-5-11)17-13(19)15-9-14(2,20)12-7-16-18(3)8-12/h7-8,10-11,20H,4-6,9H2,1-3H3,(H2,15,17,19)/t10-,14-/m1/s1. The zero-order valence-corrected chi connectivity index (χ0v) is 12.4. The first kappa shape index (κ1) is 14.8. The van der Waals surface area contributed by atoms with Crippen molar-refractivity contribution in [1.29, 1.82) is 0 Å². The number of aromatic nitrogens is 2. The number of carbonyl (C=O) groups is 1.